The molecule has 3 nitrogen and oxygen atoms in total. The lowest BCUT2D eigenvalue weighted by Crippen LogP contribution is -2.28. The molecule has 1 aromatic heterocycles. The number of anilines is 1. The van der Waals surface area contributed by atoms with Crippen LogP contribution in [0.4, 0.5) is 5.69 Å². The highest BCUT2D eigenvalue weighted by Gasteiger charge is 2.13. The van der Waals surface area contributed by atoms with Crippen molar-refractivity contribution in [2.45, 2.75) is 6.42 Å². The van der Waals surface area contributed by atoms with E-state index in [1.807, 2.05) is 11.4 Å². The standard InChI is InChI=1S/C14H15ClN2OS/c1-17(5-4-13-3-2-6-19-13)14(18)10-7-11(15)9-12(16)8-10/h2-3,6-9H,4-5,16H2,1H3. The Labute approximate surface area is 121 Å². The predicted octanol–water partition coefficient (Wildman–Crippen LogP) is 3.30. The Morgan fingerprint density at radius 3 is 2.84 bits per heavy atom. The number of likely N-dealkylation sites (N-methyl/N-ethyl adjacent to an activating group) is 1. The van der Waals surface area contributed by atoms with Gasteiger partial charge in [-0.05, 0) is 36.1 Å². The molecule has 0 unspecified atom stereocenters. The molecule has 0 spiro atoms. The van der Waals surface area contributed by atoms with Crippen LogP contribution in [0.5, 0.6) is 0 Å². The van der Waals surface area contributed by atoms with Crippen LogP contribution in [-0.2, 0) is 6.42 Å². The monoisotopic (exact) mass is 294 g/mol. The fourth-order valence-corrected chi connectivity index (χ4v) is 2.73. The van der Waals surface area contributed by atoms with Gasteiger partial charge in [-0.25, -0.2) is 0 Å². The Morgan fingerprint density at radius 2 is 2.21 bits per heavy atom. The van der Waals surface area contributed by atoms with Crippen molar-refractivity contribution in [1.29, 1.82) is 0 Å². The van der Waals surface area contributed by atoms with Crippen molar-refractivity contribution < 1.29 is 4.79 Å². The van der Waals surface area contributed by atoms with Crippen molar-refractivity contribution >= 4 is 34.5 Å². The first-order chi connectivity index (χ1) is 9.06. The minimum absolute atomic E-state index is 0.0641. The largest absolute Gasteiger partial charge is 0.399 e. The van der Waals surface area contributed by atoms with Crippen LogP contribution in [0.15, 0.2) is 35.7 Å². The lowest BCUT2D eigenvalue weighted by Gasteiger charge is -2.17. The van der Waals surface area contributed by atoms with Gasteiger partial charge in [0.1, 0.15) is 0 Å². The molecule has 0 bridgehead atoms. The highest BCUT2D eigenvalue weighted by Crippen LogP contribution is 2.18. The van der Waals surface area contributed by atoms with Gasteiger partial charge in [0.05, 0.1) is 0 Å². The molecule has 2 aromatic rings. The molecule has 0 atom stereocenters. The van der Waals surface area contributed by atoms with Gasteiger partial charge in [0.15, 0.2) is 0 Å². The highest BCUT2D eigenvalue weighted by molar-refractivity contribution is 7.09. The summed E-state index contributed by atoms with van der Waals surface area (Å²) in [6.45, 7) is 0.672. The van der Waals surface area contributed by atoms with Crippen LogP contribution >= 0.6 is 22.9 Å². The lowest BCUT2D eigenvalue weighted by atomic mass is 10.1. The van der Waals surface area contributed by atoms with E-state index in [0.29, 0.717) is 22.8 Å². The van der Waals surface area contributed by atoms with Crippen LogP contribution < -0.4 is 5.73 Å². The average Bonchev–Trinajstić information content (AvgIpc) is 2.87. The van der Waals surface area contributed by atoms with Gasteiger partial charge in [-0.3, -0.25) is 4.79 Å². The number of benzene rings is 1. The van der Waals surface area contributed by atoms with Gasteiger partial charge in [-0.2, -0.15) is 0 Å². The third-order valence-corrected chi connectivity index (χ3v) is 3.94. The van der Waals surface area contributed by atoms with E-state index in [1.54, 1.807) is 41.5 Å². The lowest BCUT2D eigenvalue weighted by molar-refractivity contribution is 0.0797. The average molecular weight is 295 g/mol. The predicted molar refractivity (Wildman–Crippen MR) is 80.8 cm³/mol. The van der Waals surface area contributed by atoms with Gasteiger partial charge in [0, 0.05) is 34.7 Å². The second-order valence-corrected chi connectivity index (χ2v) is 5.80. The second kappa shape index (κ2) is 6.08. The molecular formula is C14H15ClN2OS. The number of rotatable bonds is 4. The Morgan fingerprint density at radius 1 is 1.42 bits per heavy atom. The SMILES string of the molecule is CN(CCc1cccs1)C(=O)c1cc(N)cc(Cl)c1. The van der Waals surface area contributed by atoms with Crippen molar-refractivity contribution in [3.8, 4) is 0 Å². The van der Waals surface area contributed by atoms with Gasteiger partial charge >= 0.3 is 0 Å². The molecule has 1 heterocycles. The van der Waals surface area contributed by atoms with Gasteiger partial charge in [-0.1, -0.05) is 17.7 Å². The number of hydrogen-bond donors (Lipinski definition) is 1. The number of hydrogen-bond acceptors (Lipinski definition) is 3. The second-order valence-electron chi connectivity index (χ2n) is 4.33. The number of amides is 1. The molecule has 0 saturated carbocycles. The van der Waals surface area contributed by atoms with E-state index in [4.69, 9.17) is 17.3 Å². The van der Waals surface area contributed by atoms with Gasteiger partial charge < -0.3 is 10.6 Å². The number of carbonyl (C=O) groups is 1. The maximum Gasteiger partial charge on any atom is 0.253 e. The number of carbonyl (C=O) groups excluding carboxylic acids is 1. The Balaban J connectivity index is 2.02. The Hall–Kier alpha value is -1.52. The topological polar surface area (TPSA) is 46.3 Å². The zero-order valence-corrected chi connectivity index (χ0v) is 12.2. The fraction of sp³-hybridized carbons (Fsp3) is 0.214. The highest BCUT2D eigenvalue weighted by atomic mass is 35.5. The summed E-state index contributed by atoms with van der Waals surface area (Å²) in [7, 11) is 1.78. The summed E-state index contributed by atoms with van der Waals surface area (Å²) in [5.41, 5.74) is 6.72. The molecule has 0 saturated heterocycles. The summed E-state index contributed by atoms with van der Waals surface area (Å²) in [5, 5.41) is 2.52. The molecule has 2 rings (SSSR count). The molecule has 0 aliphatic rings. The summed E-state index contributed by atoms with van der Waals surface area (Å²) in [6.07, 6.45) is 0.857. The fourth-order valence-electron chi connectivity index (χ4n) is 1.79. The van der Waals surface area contributed by atoms with E-state index in [9.17, 15) is 4.79 Å². The summed E-state index contributed by atoms with van der Waals surface area (Å²) in [6, 6.07) is 9.00. The molecule has 19 heavy (non-hydrogen) atoms. The molecule has 1 aromatic carbocycles. The van der Waals surface area contributed by atoms with E-state index in [-0.39, 0.29) is 5.91 Å². The maximum absolute atomic E-state index is 12.2. The molecule has 0 aliphatic heterocycles. The van der Waals surface area contributed by atoms with E-state index >= 15 is 0 Å². The number of nitrogens with two attached hydrogens (primary N) is 1. The number of halogens is 1. The zero-order valence-electron chi connectivity index (χ0n) is 10.6. The summed E-state index contributed by atoms with van der Waals surface area (Å²) in [4.78, 5) is 15.2. The minimum atomic E-state index is -0.0641. The van der Waals surface area contributed by atoms with Crippen molar-refractivity contribution in [2.75, 3.05) is 19.3 Å². The van der Waals surface area contributed by atoms with Crippen LogP contribution in [0.3, 0.4) is 0 Å². The summed E-state index contributed by atoms with van der Waals surface area (Å²) in [5.74, 6) is -0.0641. The van der Waals surface area contributed by atoms with Crippen LogP contribution in [0.1, 0.15) is 15.2 Å². The summed E-state index contributed by atoms with van der Waals surface area (Å²) >= 11 is 7.61. The molecule has 1 amide bonds. The van der Waals surface area contributed by atoms with Gasteiger partial charge in [0.25, 0.3) is 5.91 Å². The van der Waals surface area contributed by atoms with Crippen molar-refractivity contribution in [1.82, 2.24) is 4.90 Å². The summed E-state index contributed by atoms with van der Waals surface area (Å²) < 4.78 is 0. The van der Waals surface area contributed by atoms with E-state index < -0.39 is 0 Å². The van der Waals surface area contributed by atoms with Crippen molar-refractivity contribution in [3.05, 3.63) is 51.2 Å². The number of nitrogen functional groups attached to an aromatic ring is 1. The zero-order chi connectivity index (χ0) is 13.8. The smallest absolute Gasteiger partial charge is 0.253 e. The Kier molecular flexibility index (Phi) is 4.45. The first kappa shape index (κ1) is 13.9. The van der Waals surface area contributed by atoms with Crippen LogP contribution in [0.2, 0.25) is 5.02 Å². The van der Waals surface area contributed by atoms with Crippen LogP contribution in [-0.4, -0.2) is 24.4 Å². The van der Waals surface area contributed by atoms with Crippen LogP contribution in [0, 0.1) is 0 Å². The maximum atomic E-state index is 12.2. The van der Waals surface area contributed by atoms with Crippen molar-refractivity contribution in [3.63, 3.8) is 0 Å². The normalized spacial score (nSPS) is 10.4. The quantitative estimate of drug-likeness (QED) is 0.880. The van der Waals surface area contributed by atoms with Gasteiger partial charge in [-0.15, -0.1) is 11.3 Å². The third-order valence-electron chi connectivity index (χ3n) is 2.79. The minimum Gasteiger partial charge on any atom is -0.399 e. The van der Waals surface area contributed by atoms with Crippen molar-refractivity contribution in [2.24, 2.45) is 0 Å². The Bertz CT molecular complexity index is 549. The third kappa shape index (κ3) is 3.72. The van der Waals surface area contributed by atoms with Gasteiger partial charge in [0.2, 0.25) is 0 Å². The molecule has 0 radical (unpaired) electrons. The molecule has 100 valence electrons. The molecule has 0 aliphatic carbocycles. The van der Waals surface area contributed by atoms with Crippen LogP contribution in [0.25, 0.3) is 0 Å². The molecule has 5 heteroatoms. The number of thiophene rings is 1. The first-order valence-corrected chi connectivity index (χ1v) is 7.16. The molecule has 0 fully saturated rings. The van der Waals surface area contributed by atoms with E-state index in [0.717, 1.165) is 6.42 Å². The van der Waals surface area contributed by atoms with E-state index in [2.05, 4.69) is 6.07 Å². The molecule has 2 N–H and O–H groups in total. The first-order valence-electron chi connectivity index (χ1n) is 5.90. The molecular weight excluding hydrogens is 280 g/mol. The van der Waals surface area contributed by atoms with E-state index in [1.165, 1.54) is 4.88 Å². The number of nitrogens with zero attached hydrogens (tertiary/aromatic N) is 1.